The Morgan fingerprint density at radius 2 is 1.59 bits per heavy atom. The molecule has 177 valence electrons. The maximum absolute atomic E-state index is 10.2. The van der Waals surface area contributed by atoms with Gasteiger partial charge in [0.15, 0.2) is 0 Å². The van der Waals surface area contributed by atoms with Crippen LogP contribution in [0.25, 0.3) is 0 Å². The molecule has 0 bridgehead atoms. The summed E-state index contributed by atoms with van der Waals surface area (Å²) < 4.78 is 4.40. The van der Waals surface area contributed by atoms with Crippen LogP contribution in [0.5, 0.6) is 0 Å². The first-order valence-electron chi connectivity index (χ1n) is 11.6. The monoisotopic (exact) mass is 699 g/mol. The van der Waals surface area contributed by atoms with E-state index in [2.05, 4.69) is 85.9 Å². The van der Waals surface area contributed by atoms with Crippen LogP contribution >= 0.6 is 0 Å². The molecule has 0 N–H and O–H groups in total. The summed E-state index contributed by atoms with van der Waals surface area (Å²) in [6.07, 6.45) is 21.9. The van der Waals surface area contributed by atoms with Crippen LogP contribution in [0, 0.1) is 25.5 Å². The molecule has 1 saturated heterocycles. The van der Waals surface area contributed by atoms with Crippen molar-refractivity contribution < 1.29 is 63.3 Å². The van der Waals surface area contributed by atoms with Crippen molar-refractivity contribution in [2.24, 2.45) is 0 Å². The number of carbonyl (C=O) groups is 1. The van der Waals surface area contributed by atoms with E-state index in [0.29, 0.717) is 12.0 Å². The fourth-order valence-electron chi connectivity index (χ4n) is 4.57. The van der Waals surface area contributed by atoms with E-state index in [1.165, 1.54) is 61.0 Å². The predicted octanol–water partition coefficient (Wildman–Crippen LogP) is 7.52. The van der Waals surface area contributed by atoms with Gasteiger partial charge in [0, 0.05) is 38.3 Å². The number of rotatable bonds is 2. The van der Waals surface area contributed by atoms with Crippen LogP contribution in [0.2, 0.25) is 0 Å². The summed E-state index contributed by atoms with van der Waals surface area (Å²) >= 11 is 0. The van der Waals surface area contributed by atoms with Gasteiger partial charge in [0.1, 0.15) is 0 Å². The van der Waals surface area contributed by atoms with Crippen molar-refractivity contribution in [3.63, 3.8) is 0 Å². The normalized spacial score (nSPS) is 20.2. The molecule has 3 fully saturated rings. The Labute approximate surface area is 246 Å². The zero-order valence-corrected chi connectivity index (χ0v) is 25.8. The molecule has 4 aliphatic rings. The number of hydrogen-bond donors (Lipinski definition) is 0. The summed E-state index contributed by atoms with van der Waals surface area (Å²) in [7, 11) is 0. The van der Waals surface area contributed by atoms with E-state index in [9.17, 15) is 4.79 Å². The van der Waals surface area contributed by atoms with E-state index in [0.717, 1.165) is 19.3 Å². The number of carbonyl (C=O) groups excluding carboxylic acids is 1. The molecule has 1 aliphatic heterocycles. The molecule has 2 nitrogen and oxygen atoms in total. The van der Waals surface area contributed by atoms with Gasteiger partial charge in [0.25, 0.3) is 5.97 Å². The van der Waals surface area contributed by atoms with E-state index >= 15 is 0 Å². The van der Waals surface area contributed by atoms with Crippen molar-refractivity contribution in [3.05, 3.63) is 116 Å². The van der Waals surface area contributed by atoms with Gasteiger partial charge in [-0.15, -0.1) is 23.6 Å². The van der Waals surface area contributed by atoms with E-state index in [4.69, 9.17) is 0 Å². The van der Waals surface area contributed by atoms with Crippen molar-refractivity contribution >= 4 is 5.97 Å². The van der Waals surface area contributed by atoms with Gasteiger partial charge >= 0.3 is 21.1 Å². The standard InChI is InChI=1S/C18H20.C7H9.C5H5O2.W.Y/c1-4-10-16(11-5-1)18(14-8-3-9-15-18)17-12-6-2-7-13-17;1-6-4-3-5-7(6)2;1-4-2-3-7-5(4)6;;/h1,4,6-7,10-13H,3,5,8-9,14-15H2;3H,1-2,4-5H2;3H,1-2H2;;/q-2;2*-1;+2;. The fraction of sp³-hybridized carbons (Fsp3) is 0.333. The molecular formula is C30H34O2WY-2. The molecule has 1 aromatic rings. The summed E-state index contributed by atoms with van der Waals surface area (Å²) in [4.78, 5) is 10.2. The molecule has 0 spiro atoms. The number of cyclic esters (lactones) is 1. The van der Waals surface area contributed by atoms with Gasteiger partial charge < -0.3 is 11.2 Å². The second-order valence-corrected chi connectivity index (χ2v) is 8.71. The third kappa shape index (κ3) is 8.62. The molecule has 0 unspecified atom stereocenters. The number of esters is 1. The van der Waals surface area contributed by atoms with Crippen LogP contribution in [0.15, 0.2) is 84.5 Å². The third-order valence-corrected chi connectivity index (χ3v) is 6.51. The number of hydrogen-bond acceptors (Lipinski definition) is 2. The summed E-state index contributed by atoms with van der Waals surface area (Å²) in [5.41, 5.74) is 6.26. The molecule has 1 aromatic carbocycles. The molecule has 1 heterocycles. The van der Waals surface area contributed by atoms with Crippen LogP contribution in [0.4, 0.5) is 0 Å². The Morgan fingerprint density at radius 1 is 0.941 bits per heavy atom. The second-order valence-electron chi connectivity index (χ2n) is 8.71. The Bertz CT molecular complexity index is 834. The minimum atomic E-state index is -0.292. The largest absolute Gasteiger partial charge is 2.00 e. The molecule has 3 aliphatic carbocycles. The zero-order valence-electron chi connectivity index (χ0n) is 20.1. The molecule has 0 aromatic heterocycles. The average molecular weight is 699 g/mol. The summed E-state index contributed by atoms with van der Waals surface area (Å²) in [5.74, 6) is -0.292. The Balaban J connectivity index is 0.000000301. The molecular weight excluding hydrogens is 665 g/mol. The van der Waals surface area contributed by atoms with Crippen molar-refractivity contribution in [2.45, 2.75) is 63.2 Å². The number of benzene rings is 1. The molecule has 0 atom stereocenters. The SMILES string of the molecule is C=C1C[CH-]CC1=C.C=C1C[CH-]OC1=O.[W+2].[Y].[c-]1ccc(C2(C3=CC[CH-]C=C3)CCCCC2)cc1. The van der Waals surface area contributed by atoms with Crippen molar-refractivity contribution in [2.75, 3.05) is 0 Å². The molecule has 5 rings (SSSR count). The maximum atomic E-state index is 10.2. The van der Waals surface area contributed by atoms with Crippen LogP contribution in [-0.4, -0.2) is 5.97 Å². The van der Waals surface area contributed by atoms with Crippen LogP contribution in [0.1, 0.15) is 63.4 Å². The quantitative estimate of drug-likeness (QED) is 0.182. The van der Waals surface area contributed by atoms with Gasteiger partial charge in [-0.1, -0.05) is 56.6 Å². The van der Waals surface area contributed by atoms with Crippen molar-refractivity contribution in [1.82, 2.24) is 0 Å². The Morgan fingerprint density at radius 3 is 2.00 bits per heavy atom. The first kappa shape index (κ1) is 31.1. The minimum absolute atomic E-state index is 0. The first-order chi connectivity index (χ1) is 15.5. The van der Waals surface area contributed by atoms with Crippen molar-refractivity contribution in [3.8, 4) is 0 Å². The first-order valence-corrected chi connectivity index (χ1v) is 11.6. The molecule has 2 saturated carbocycles. The van der Waals surface area contributed by atoms with Gasteiger partial charge in [-0.25, -0.2) is 23.4 Å². The van der Waals surface area contributed by atoms with Gasteiger partial charge in [-0.2, -0.15) is 49.8 Å². The van der Waals surface area contributed by atoms with E-state index in [-0.39, 0.29) is 65.2 Å². The molecule has 34 heavy (non-hydrogen) atoms. The smallest absolute Gasteiger partial charge is 0.633 e. The van der Waals surface area contributed by atoms with E-state index < -0.39 is 0 Å². The Kier molecular flexibility index (Phi) is 14.6. The zero-order chi connectivity index (χ0) is 22.8. The van der Waals surface area contributed by atoms with Gasteiger partial charge in [0.2, 0.25) is 0 Å². The molecule has 4 heteroatoms. The average Bonchev–Trinajstić information content (AvgIpc) is 3.42. The number of allylic oxidation sites excluding steroid dienone is 6. The summed E-state index contributed by atoms with van der Waals surface area (Å²) in [6.45, 7) is 12.5. The van der Waals surface area contributed by atoms with Gasteiger partial charge in [-0.3, -0.25) is 0 Å². The topological polar surface area (TPSA) is 26.3 Å². The van der Waals surface area contributed by atoms with Gasteiger partial charge in [0.05, 0.1) is 0 Å². The predicted molar refractivity (Wildman–Crippen MR) is 132 cm³/mol. The summed E-state index contributed by atoms with van der Waals surface area (Å²) in [5, 5.41) is 0. The minimum Gasteiger partial charge on any atom is -0.633 e. The van der Waals surface area contributed by atoms with E-state index in [1.807, 2.05) is 0 Å². The van der Waals surface area contributed by atoms with Crippen LogP contribution in [0.3, 0.4) is 0 Å². The second kappa shape index (κ2) is 15.9. The number of ether oxygens (including phenoxy) is 1. The van der Waals surface area contributed by atoms with E-state index in [1.54, 1.807) is 0 Å². The maximum Gasteiger partial charge on any atom is 2.00 e. The third-order valence-electron chi connectivity index (χ3n) is 6.51. The fourth-order valence-corrected chi connectivity index (χ4v) is 4.57. The van der Waals surface area contributed by atoms with Crippen LogP contribution in [-0.2, 0) is 68.7 Å². The molecule has 1 radical (unpaired) electrons. The van der Waals surface area contributed by atoms with Gasteiger partial charge in [-0.05, 0) is 18.3 Å². The van der Waals surface area contributed by atoms with Crippen molar-refractivity contribution in [1.29, 1.82) is 0 Å². The Hall–Kier alpha value is -0.948. The summed E-state index contributed by atoms with van der Waals surface area (Å²) in [6, 6.07) is 11.8. The molecule has 0 amide bonds. The van der Waals surface area contributed by atoms with Crippen LogP contribution < -0.4 is 0 Å².